The number of nitro groups is 1. The Morgan fingerprint density at radius 1 is 1.29 bits per heavy atom. The maximum atomic E-state index is 12.0. The normalized spacial score (nSPS) is 10.4. The molecular weight excluding hydrogens is 507 g/mol. The van der Waals surface area contributed by atoms with Gasteiger partial charge in [-0.15, -0.1) is 12.4 Å². The summed E-state index contributed by atoms with van der Waals surface area (Å²) in [6, 6.07) is 8.88. The number of ether oxygens (including phenoxy) is 1. The minimum absolute atomic E-state index is 0. The van der Waals surface area contributed by atoms with Crippen LogP contribution >= 0.6 is 24.0 Å². The van der Waals surface area contributed by atoms with Gasteiger partial charge < -0.3 is 14.8 Å². The molecule has 0 fully saturated rings. The zero-order valence-corrected chi connectivity index (χ0v) is 18.9. The van der Waals surface area contributed by atoms with Crippen molar-refractivity contribution >= 4 is 58.5 Å². The molecule has 0 bridgehead atoms. The van der Waals surface area contributed by atoms with E-state index in [1.54, 1.807) is 24.3 Å². The van der Waals surface area contributed by atoms with E-state index in [2.05, 4.69) is 20.3 Å². The van der Waals surface area contributed by atoms with Crippen molar-refractivity contribution in [1.29, 1.82) is 0 Å². The number of aromatic amines is 1. The number of carbonyl (C=O) groups excluding carboxylic acids is 1. The summed E-state index contributed by atoms with van der Waals surface area (Å²) < 4.78 is 6.39. The van der Waals surface area contributed by atoms with Crippen LogP contribution in [0.5, 0.6) is 0 Å². The molecule has 2 heterocycles. The Morgan fingerprint density at radius 3 is 2.71 bits per heavy atom. The second kappa shape index (κ2) is 10.2. The number of nitrogens with one attached hydrogen (secondary N) is 2. The molecular formula is C20H14Cl2N6O7. The lowest BCUT2D eigenvalue weighted by atomic mass is 10.2. The van der Waals surface area contributed by atoms with Gasteiger partial charge in [-0.1, -0.05) is 23.7 Å². The summed E-state index contributed by atoms with van der Waals surface area (Å²) >= 11 is 5.98. The predicted octanol–water partition coefficient (Wildman–Crippen LogP) is 3.54. The van der Waals surface area contributed by atoms with Gasteiger partial charge in [0.15, 0.2) is 0 Å². The van der Waals surface area contributed by atoms with Crippen molar-refractivity contribution in [2.75, 3.05) is 5.32 Å². The third-order valence-electron chi connectivity index (χ3n) is 4.56. The van der Waals surface area contributed by atoms with Gasteiger partial charge in [-0.2, -0.15) is 0 Å². The Hall–Kier alpha value is -4.49. The number of hydrogen-bond acceptors (Lipinski definition) is 8. The van der Waals surface area contributed by atoms with Crippen LogP contribution in [0, 0.1) is 10.1 Å². The van der Waals surface area contributed by atoms with Crippen molar-refractivity contribution < 1.29 is 24.4 Å². The number of fused-ring (bicyclic) bond motifs is 1. The van der Waals surface area contributed by atoms with Crippen LogP contribution in [0.25, 0.3) is 16.7 Å². The fraction of sp³-hybridized carbons (Fsp3) is 0.0500. The highest BCUT2D eigenvalue weighted by Crippen LogP contribution is 2.27. The third-order valence-corrected chi connectivity index (χ3v) is 4.89. The van der Waals surface area contributed by atoms with Gasteiger partial charge in [0.05, 0.1) is 38.7 Å². The number of H-pyrrole nitrogens is 1. The monoisotopic (exact) mass is 520 g/mol. The van der Waals surface area contributed by atoms with E-state index in [0.29, 0.717) is 10.7 Å². The molecule has 2 aromatic carbocycles. The topological polar surface area (TPSA) is 182 Å². The Kier molecular flexibility index (Phi) is 7.32. The van der Waals surface area contributed by atoms with Gasteiger partial charge in [-0.25, -0.2) is 19.6 Å². The van der Waals surface area contributed by atoms with E-state index in [4.69, 9.17) is 21.4 Å². The summed E-state index contributed by atoms with van der Waals surface area (Å²) in [5.41, 5.74) is -1.49. The van der Waals surface area contributed by atoms with E-state index >= 15 is 0 Å². The van der Waals surface area contributed by atoms with Crippen LogP contribution < -0.4 is 10.9 Å². The van der Waals surface area contributed by atoms with E-state index in [-0.39, 0.29) is 41.4 Å². The number of aromatic carboxylic acids is 1. The van der Waals surface area contributed by atoms with Crippen LogP contribution in [-0.2, 0) is 11.3 Å². The third kappa shape index (κ3) is 5.37. The number of nitrogens with zero attached hydrogens (tertiary/aromatic N) is 4. The molecule has 35 heavy (non-hydrogen) atoms. The van der Waals surface area contributed by atoms with Crippen LogP contribution in [0.15, 0.2) is 53.7 Å². The van der Waals surface area contributed by atoms with E-state index in [1.807, 2.05) is 0 Å². The summed E-state index contributed by atoms with van der Waals surface area (Å²) in [4.78, 5) is 56.1. The van der Waals surface area contributed by atoms with Crippen LogP contribution in [0.1, 0.15) is 16.2 Å². The molecule has 0 saturated carbocycles. The number of anilines is 1. The number of hydrogen-bond donors (Lipinski definition) is 3. The highest BCUT2D eigenvalue weighted by Gasteiger charge is 2.21. The minimum Gasteiger partial charge on any atom is -0.476 e. The van der Waals surface area contributed by atoms with E-state index in [0.717, 1.165) is 6.07 Å². The average Bonchev–Trinajstić information content (AvgIpc) is 3.26. The Bertz CT molecular complexity index is 1520. The first-order valence-electron chi connectivity index (χ1n) is 9.40. The molecule has 1 amide bonds. The highest BCUT2D eigenvalue weighted by atomic mass is 35.5. The molecule has 0 aliphatic carbocycles. The number of nitro benzene ring substituents is 1. The summed E-state index contributed by atoms with van der Waals surface area (Å²) in [6.45, 7) is -0.251. The van der Waals surface area contributed by atoms with Gasteiger partial charge in [0.25, 0.3) is 11.2 Å². The van der Waals surface area contributed by atoms with E-state index in [9.17, 15) is 24.5 Å². The fourth-order valence-corrected chi connectivity index (χ4v) is 3.21. The molecule has 2 aromatic heterocycles. The maximum Gasteiger partial charge on any atom is 0.412 e. The van der Waals surface area contributed by atoms with Crippen molar-refractivity contribution in [3.63, 3.8) is 0 Å². The van der Waals surface area contributed by atoms with Crippen molar-refractivity contribution in [1.82, 2.24) is 19.5 Å². The van der Waals surface area contributed by atoms with Crippen molar-refractivity contribution in [3.05, 3.63) is 85.8 Å². The van der Waals surface area contributed by atoms with E-state index in [1.165, 1.54) is 23.2 Å². The number of para-hydroxylation sites is 1. The smallest absolute Gasteiger partial charge is 0.412 e. The number of benzene rings is 2. The van der Waals surface area contributed by atoms with Gasteiger partial charge in [0, 0.05) is 12.3 Å². The van der Waals surface area contributed by atoms with Crippen molar-refractivity contribution in [3.8, 4) is 5.69 Å². The highest BCUT2D eigenvalue weighted by molar-refractivity contribution is 6.33. The molecule has 4 rings (SSSR count). The number of rotatable bonds is 6. The molecule has 0 saturated heterocycles. The first-order valence-corrected chi connectivity index (χ1v) is 9.78. The number of imidazole rings is 1. The Labute approximate surface area is 205 Å². The van der Waals surface area contributed by atoms with Crippen LogP contribution in [0.4, 0.5) is 16.2 Å². The quantitative estimate of drug-likeness (QED) is 0.252. The summed E-state index contributed by atoms with van der Waals surface area (Å²) in [5, 5.41) is 23.5. The number of carbonyl (C=O) groups is 2. The average molecular weight is 521 g/mol. The molecule has 0 radical (unpaired) electrons. The summed E-state index contributed by atoms with van der Waals surface area (Å²) in [5.74, 6) is -1.54. The van der Waals surface area contributed by atoms with Gasteiger partial charge in [-0.05, 0) is 18.2 Å². The number of amides is 1. The van der Waals surface area contributed by atoms with Crippen LogP contribution in [-0.4, -0.2) is 41.6 Å². The fourth-order valence-electron chi connectivity index (χ4n) is 3.03. The second-order valence-corrected chi connectivity index (χ2v) is 7.20. The molecule has 0 atom stereocenters. The zero-order valence-electron chi connectivity index (χ0n) is 17.3. The first-order chi connectivity index (χ1) is 16.2. The molecule has 0 spiro atoms. The molecule has 4 aromatic rings. The van der Waals surface area contributed by atoms with Gasteiger partial charge in [-0.3, -0.25) is 24.8 Å². The number of carboxylic acid groups (broad SMARTS) is 1. The van der Waals surface area contributed by atoms with Crippen molar-refractivity contribution in [2.45, 2.75) is 6.61 Å². The molecule has 13 nitrogen and oxygen atoms in total. The SMILES string of the molecule is Cl.O=C(Nc1ccccc1Cl)OCc1cn(-c2cc3nc(C(=O)O)c(=O)[nH]c3cc2[N+](=O)[O-])cn1. The molecule has 15 heteroatoms. The summed E-state index contributed by atoms with van der Waals surface area (Å²) in [6.07, 6.45) is 1.86. The second-order valence-electron chi connectivity index (χ2n) is 6.79. The lowest BCUT2D eigenvalue weighted by molar-refractivity contribution is -0.384. The van der Waals surface area contributed by atoms with Gasteiger partial charge in [0.1, 0.15) is 12.3 Å². The van der Waals surface area contributed by atoms with E-state index < -0.39 is 33.9 Å². The first kappa shape index (κ1) is 25.1. The largest absolute Gasteiger partial charge is 0.476 e. The zero-order chi connectivity index (χ0) is 24.4. The number of halogens is 2. The molecule has 0 aliphatic rings. The minimum atomic E-state index is -1.54. The Morgan fingerprint density at radius 2 is 2.03 bits per heavy atom. The van der Waals surface area contributed by atoms with Crippen LogP contribution in [0.2, 0.25) is 5.02 Å². The van der Waals surface area contributed by atoms with Crippen LogP contribution in [0.3, 0.4) is 0 Å². The standard InChI is InChI=1S/C20H13ClN6O7.ClH/c21-11-3-1-2-4-12(11)25-20(31)34-8-10-7-26(9-22-10)15-5-13-14(6-16(15)27(32)33)24-18(28)17(23-13)19(29)30;/h1-7,9H,8H2,(H,24,28)(H,25,31)(H,29,30);1H. The molecule has 3 N–H and O–H groups in total. The number of aromatic nitrogens is 4. The van der Waals surface area contributed by atoms with Crippen molar-refractivity contribution in [2.24, 2.45) is 0 Å². The lowest BCUT2D eigenvalue weighted by Crippen LogP contribution is -2.20. The molecule has 0 aliphatic heterocycles. The van der Waals surface area contributed by atoms with Gasteiger partial charge in [0.2, 0.25) is 5.69 Å². The Balaban J connectivity index is 0.00000342. The number of carboxylic acids is 1. The summed E-state index contributed by atoms with van der Waals surface area (Å²) in [7, 11) is 0. The van der Waals surface area contributed by atoms with Gasteiger partial charge >= 0.3 is 12.1 Å². The maximum absolute atomic E-state index is 12.0. The molecule has 180 valence electrons. The molecule has 0 unspecified atom stereocenters. The predicted molar refractivity (Wildman–Crippen MR) is 126 cm³/mol. The lowest BCUT2D eigenvalue weighted by Gasteiger charge is -2.07.